The number of fused-ring (bicyclic) bond motifs is 1. The lowest BCUT2D eigenvalue weighted by molar-refractivity contribution is -0.112. The SMILES string of the molecule is CNc1ncc2cc(-c3cc(OC)cc(OC)c3Cl)c(=O)n(CCc3cccc(NC(=O)/C(C#N)=C/C(C)(C)N4CCN(C5COC5)CC4)c3)c2n1. The maximum Gasteiger partial charge on any atom is 0.266 e. The summed E-state index contributed by atoms with van der Waals surface area (Å²) >= 11 is 6.72. The van der Waals surface area contributed by atoms with E-state index in [9.17, 15) is 14.9 Å². The van der Waals surface area contributed by atoms with Crippen LogP contribution >= 0.6 is 11.6 Å². The molecule has 2 aliphatic rings. The largest absolute Gasteiger partial charge is 0.497 e. The molecule has 2 saturated heterocycles. The molecule has 0 saturated carbocycles. The van der Waals surface area contributed by atoms with E-state index >= 15 is 0 Å². The monoisotopic (exact) mass is 726 g/mol. The van der Waals surface area contributed by atoms with Gasteiger partial charge in [0.1, 0.15) is 28.8 Å². The number of nitrogens with one attached hydrogen (secondary N) is 2. The summed E-state index contributed by atoms with van der Waals surface area (Å²) < 4.78 is 17.9. The molecule has 14 heteroatoms. The maximum absolute atomic E-state index is 14.2. The number of aromatic nitrogens is 3. The second-order valence-electron chi connectivity index (χ2n) is 13.4. The molecule has 52 heavy (non-hydrogen) atoms. The number of nitriles is 1. The lowest BCUT2D eigenvalue weighted by Gasteiger charge is -2.46. The Labute approximate surface area is 307 Å². The molecule has 2 aromatic heterocycles. The number of piperazine rings is 1. The smallest absolute Gasteiger partial charge is 0.266 e. The fourth-order valence-corrected chi connectivity index (χ4v) is 6.94. The van der Waals surface area contributed by atoms with Gasteiger partial charge in [-0.1, -0.05) is 23.7 Å². The first-order valence-corrected chi connectivity index (χ1v) is 17.5. The van der Waals surface area contributed by atoms with Crippen LogP contribution < -0.4 is 25.7 Å². The number of hydrogen-bond acceptors (Lipinski definition) is 11. The molecule has 13 nitrogen and oxygen atoms in total. The Kier molecular flexibility index (Phi) is 11.1. The highest BCUT2D eigenvalue weighted by Crippen LogP contribution is 2.38. The lowest BCUT2D eigenvalue weighted by atomic mass is 9.97. The van der Waals surface area contributed by atoms with Crippen molar-refractivity contribution in [2.75, 3.05) is 71.3 Å². The van der Waals surface area contributed by atoms with E-state index in [2.05, 4.69) is 36.5 Å². The molecule has 0 unspecified atom stereocenters. The van der Waals surface area contributed by atoms with E-state index < -0.39 is 11.4 Å². The van der Waals surface area contributed by atoms with E-state index in [1.54, 1.807) is 48.2 Å². The Morgan fingerprint density at radius 1 is 1.12 bits per heavy atom. The van der Waals surface area contributed by atoms with Gasteiger partial charge < -0.3 is 24.8 Å². The minimum Gasteiger partial charge on any atom is -0.497 e. The van der Waals surface area contributed by atoms with Crippen molar-refractivity contribution < 1.29 is 19.0 Å². The first-order chi connectivity index (χ1) is 25.0. The number of hydrogen-bond donors (Lipinski definition) is 2. The molecule has 2 aliphatic heterocycles. The summed E-state index contributed by atoms with van der Waals surface area (Å²) in [6.07, 6.45) is 3.84. The summed E-state index contributed by atoms with van der Waals surface area (Å²) in [4.78, 5) is 41.3. The third-order valence-corrected chi connectivity index (χ3v) is 10.1. The summed E-state index contributed by atoms with van der Waals surface area (Å²) in [5, 5.41) is 16.8. The molecule has 0 atom stereocenters. The van der Waals surface area contributed by atoms with E-state index in [1.807, 2.05) is 32.0 Å². The molecule has 6 rings (SSSR count). The zero-order chi connectivity index (χ0) is 37.0. The van der Waals surface area contributed by atoms with E-state index in [4.69, 9.17) is 25.8 Å². The quantitative estimate of drug-likeness (QED) is 0.156. The fraction of sp³-hybridized carbons (Fsp3) is 0.395. The standard InChI is InChI=1S/C38H43ClN8O5/c1-38(2,46-13-11-45(12-14-46)28-22-52-23-28)19-26(20-40)35(48)43-27-8-6-7-24(15-27)9-10-47-34-25(21-42-37(41-3)44-34)16-31(36(47)49)30-17-29(50-4)18-32(51-5)33(30)39/h6-8,15-19,21,28H,9-14,22-23H2,1-5H3,(H,43,48)(H,41,42,44)/b26-19+. The van der Waals surface area contributed by atoms with Crippen molar-refractivity contribution in [2.24, 2.45) is 0 Å². The first kappa shape index (κ1) is 36.8. The highest BCUT2D eigenvalue weighted by Gasteiger charge is 2.34. The van der Waals surface area contributed by atoms with Crippen LogP contribution in [0.1, 0.15) is 19.4 Å². The third-order valence-electron chi connectivity index (χ3n) is 9.75. The normalized spacial score (nSPS) is 15.9. The second kappa shape index (κ2) is 15.7. The van der Waals surface area contributed by atoms with Crippen LogP contribution in [0.2, 0.25) is 5.02 Å². The average molecular weight is 727 g/mol. The number of carbonyl (C=O) groups is 1. The number of halogens is 1. The second-order valence-corrected chi connectivity index (χ2v) is 13.7. The van der Waals surface area contributed by atoms with Gasteiger partial charge in [-0.25, -0.2) is 4.98 Å². The molecule has 0 bridgehead atoms. The van der Waals surface area contributed by atoms with Gasteiger partial charge in [0.15, 0.2) is 0 Å². The molecule has 2 N–H and O–H groups in total. The van der Waals surface area contributed by atoms with E-state index in [1.165, 1.54) is 14.2 Å². The highest BCUT2D eigenvalue weighted by atomic mass is 35.5. The number of aryl methyl sites for hydroxylation is 2. The number of methoxy groups -OCH3 is 2. The van der Waals surface area contributed by atoms with E-state index in [-0.39, 0.29) is 22.7 Å². The molecular weight excluding hydrogens is 684 g/mol. The predicted octanol–water partition coefficient (Wildman–Crippen LogP) is 4.60. The van der Waals surface area contributed by atoms with Crippen LogP contribution in [0.5, 0.6) is 11.5 Å². The van der Waals surface area contributed by atoms with Gasteiger partial charge in [0.25, 0.3) is 11.5 Å². The Bertz CT molecular complexity index is 2100. The zero-order valence-corrected chi connectivity index (χ0v) is 30.8. The van der Waals surface area contributed by atoms with Gasteiger partial charge in [0, 0.05) is 79.8 Å². The van der Waals surface area contributed by atoms with Crippen molar-refractivity contribution in [1.82, 2.24) is 24.3 Å². The van der Waals surface area contributed by atoms with Crippen LogP contribution in [0.3, 0.4) is 0 Å². The highest BCUT2D eigenvalue weighted by molar-refractivity contribution is 6.35. The van der Waals surface area contributed by atoms with E-state index in [0.717, 1.165) is 45.0 Å². The molecular formula is C38H43ClN8O5. The molecule has 272 valence electrons. The molecule has 4 aromatic rings. The lowest BCUT2D eigenvalue weighted by Crippen LogP contribution is -2.59. The van der Waals surface area contributed by atoms with Crippen molar-refractivity contribution in [3.05, 3.63) is 81.3 Å². The summed E-state index contributed by atoms with van der Waals surface area (Å²) in [6, 6.07) is 15.0. The number of nitrogens with zero attached hydrogens (tertiary/aromatic N) is 6. The van der Waals surface area contributed by atoms with Gasteiger partial charge in [0.05, 0.1) is 38.5 Å². The van der Waals surface area contributed by atoms with Crippen LogP contribution in [0.25, 0.3) is 22.2 Å². The first-order valence-electron chi connectivity index (χ1n) is 17.2. The summed E-state index contributed by atoms with van der Waals surface area (Å²) in [5.41, 5.74) is 1.90. The van der Waals surface area contributed by atoms with Crippen molar-refractivity contribution in [2.45, 2.75) is 38.4 Å². The molecule has 1 amide bonds. The molecule has 0 radical (unpaired) electrons. The zero-order valence-electron chi connectivity index (χ0n) is 30.0. The van der Waals surface area contributed by atoms with Crippen LogP contribution in [0.4, 0.5) is 11.6 Å². The number of carbonyl (C=O) groups excluding carboxylic acids is 1. The van der Waals surface area contributed by atoms with Gasteiger partial charge >= 0.3 is 0 Å². The van der Waals surface area contributed by atoms with Gasteiger partial charge in [-0.05, 0) is 56.2 Å². The van der Waals surface area contributed by atoms with Crippen molar-refractivity contribution in [3.63, 3.8) is 0 Å². The Morgan fingerprint density at radius 2 is 1.88 bits per heavy atom. The molecule has 0 spiro atoms. The van der Waals surface area contributed by atoms with Crippen LogP contribution in [0.15, 0.2) is 65.1 Å². The molecule has 2 aromatic carbocycles. The van der Waals surface area contributed by atoms with E-state index in [0.29, 0.717) is 57.8 Å². The minimum atomic E-state index is -0.492. The predicted molar refractivity (Wildman–Crippen MR) is 201 cm³/mol. The van der Waals surface area contributed by atoms with Crippen molar-refractivity contribution in [3.8, 4) is 28.7 Å². The molecule has 4 heterocycles. The average Bonchev–Trinajstić information content (AvgIpc) is 3.13. The number of pyridine rings is 1. The molecule has 2 fully saturated rings. The number of ether oxygens (including phenoxy) is 3. The van der Waals surface area contributed by atoms with Gasteiger partial charge in [-0.15, -0.1) is 0 Å². The number of rotatable bonds is 12. The Balaban J connectivity index is 1.22. The van der Waals surface area contributed by atoms with Crippen LogP contribution in [0, 0.1) is 11.3 Å². The number of amides is 1. The van der Waals surface area contributed by atoms with Crippen molar-refractivity contribution >= 4 is 40.2 Å². The van der Waals surface area contributed by atoms with Crippen LogP contribution in [-0.2, 0) is 22.5 Å². The van der Waals surface area contributed by atoms with Crippen molar-refractivity contribution in [1.29, 1.82) is 5.26 Å². The van der Waals surface area contributed by atoms with Gasteiger partial charge in [-0.2, -0.15) is 10.2 Å². The summed E-state index contributed by atoms with van der Waals surface area (Å²) in [7, 11) is 4.74. The third kappa shape index (κ3) is 7.75. The molecule has 0 aliphatic carbocycles. The Morgan fingerprint density at radius 3 is 2.54 bits per heavy atom. The Hall–Kier alpha value is -5.00. The van der Waals surface area contributed by atoms with Gasteiger partial charge in [0.2, 0.25) is 5.95 Å². The fourth-order valence-electron chi connectivity index (χ4n) is 6.65. The minimum absolute atomic E-state index is 0.0490. The maximum atomic E-state index is 14.2. The summed E-state index contributed by atoms with van der Waals surface area (Å²) in [6.45, 7) is 9.42. The number of benzene rings is 2. The van der Waals surface area contributed by atoms with Gasteiger partial charge in [-0.3, -0.25) is 24.0 Å². The number of anilines is 2. The summed E-state index contributed by atoms with van der Waals surface area (Å²) in [5.74, 6) is 0.752. The topological polar surface area (TPSA) is 147 Å². The van der Waals surface area contributed by atoms with Crippen LogP contribution in [-0.4, -0.2) is 102 Å².